The number of likely N-dealkylation sites (N-methyl/N-ethyl adjacent to an activating group) is 2. The molecule has 228 valence electrons. The van der Waals surface area contributed by atoms with Crippen molar-refractivity contribution in [1.29, 1.82) is 0 Å². The number of methoxy groups -OCH3 is 1. The third-order valence-corrected chi connectivity index (χ3v) is 8.62. The molecule has 0 bridgehead atoms. The van der Waals surface area contributed by atoms with E-state index in [1.807, 2.05) is 33.0 Å². The standard InChI is InChI=1S/C28H36N4O5.C3H7NO/c1-7-10-35-26-16(3)27-28(37-14-36-27)22-18(26)11-19-23(17-9-8-15(2)25(34-6)24(17)33)32-21(30(32)5)13-31(19)20(22)12-29-4;1-3(4)2-5/h7-9,19-21,23,29,33H,1,10-14H2,2-6H3;2-3H,4H2,1H3/t19?,20-,21-,23+,30?,32?;3-/m10/s1. The van der Waals surface area contributed by atoms with E-state index in [2.05, 4.69) is 33.9 Å². The summed E-state index contributed by atoms with van der Waals surface area (Å²) in [7, 11) is 5.72. The normalized spacial score (nSPS) is 27.4. The van der Waals surface area contributed by atoms with Crippen LogP contribution in [0.25, 0.3) is 0 Å². The first-order valence-corrected chi connectivity index (χ1v) is 14.4. The number of nitrogens with one attached hydrogen (secondary N) is 1. The second kappa shape index (κ2) is 12.1. The number of carbonyl (C=O) groups is 1. The molecule has 42 heavy (non-hydrogen) atoms. The number of hydrazine groups is 1. The molecule has 0 radical (unpaired) electrons. The van der Waals surface area contributed by atoms with E-state index in [-0.39, 0.29) is 42.9 Å². The summed E-state index contributed by atoms with van der Waals surface area (Å²) >= 11 is 0. The van der Waals surface area contributed by atoms with Crippen LogP contribution in [0.5, 0.6) is 28.7 Å². The van der Waals surface area contributed by atoms with Crippen LogP contribution in [-0.4, -0.2) is 92.3 Å². The topological polar surface area (TPSA) is 122 Å². The lowest BCUT2D eigenvalue weighted by atomic mass is 9.79. The Morgan fingerprint density at radius 3 is 2.62 bits per heavy atom. The molecule has 3 unspecified atom stereocenters. The Hall–Kier alpha value is -3.35. The predicted octanol–water partition coefficient (Wildman–Crippen LogP) is 2.57. The van der Waals surface area contributed by atoms with E-state index in [0.29, 0.717) is 18.6 Å². The summed E-state index contributed by atoms with van der Waals surface area (Å²) in [5.74, 6) is 3.21. The number of nitrogens with two attached hydrogens (primary N) is 1. The third kappa shape index (κ3) is 4.99. The lowest BCUT2D eigenvalue weighted by molar-refractivity contribution is -0.108. The van der Waals surface area contributed by atoms with Crippen molar-refractivity contribution < 1.29 is 28.8 Å². The molecule has 0 spiro atoms. The van der Waals surface area contributed by atoms with Crippen LogP contribution < -0.4 is 30.0 Å². The van der Waals surface area contributed by atoms with Gasteiger partial charge in [0.1, 0.15) is 24.8 Å². The number of benzene rings is 2. The molecule has 0 aromatic heterocycles. The molecule has 2 aromatic carbocycles. The van der Waals surface area contributed by atoms with Gasteiger partial charge in [-0.3, -0.25) is 4.90 Å². The van der Waals surface area contributed by atoms with Gasteiger partial charge in [-0.25, -0.2) is 10.0 Å². The molecule has 2 aromatic rings. The first-order chi connectivity index (χ1) is 20.2. The minimum absolute atomic E-state index is 0.0500. The first kappa shape index (κ1) is 30.1. The number of carbonyl (C=O) groups excluding carboxylic acids is 1. The summed E-state index contributed by atoms with van der Waals surface area (Å²) in [4.78, 5) is 12.0. The molecule has 2 saturated heterocycles. The van der Waals surface area contributed by atoms with Crippen LogP contribution in [0.15, 0.2) is 24.8 Å². The molecule has 2 fully saturated rings. The molecule has 11 nitrogen and oxygen atoms in total. The van der Waals surface area contributed by atoms with Crippen LogP contribution >= 0.6 is 0 Å². The number of nitrogens with zero attached hydrogens (tertiary/aromatic N) is 3. The van der Waals surface area contributed by atoms with Crippen LogP contribution in [0.1, 0.15) is 46.8 Å². The predicted molar refractivity (Wildman–Crippen MR) is 159 cm³/mol. The van der Waals surface area contributed by atoms with Gasteiger partial charge in [-0.2, -0.15) is 0 Å². The average Bonchev–Trinajstić information content (AvgIpc) is 3.36. The summed E-state index contributed by atoms with van der Waals surface area (Å²) in [6, 6.07) is 3.88. The zero-order valence-electron chi connectivity index (χ0n) is 25.3. The Kier molecular flexibility index (Phi) is 8.68. The van der Waals surface area contributed by atoms with Gasteiger partial charge >= 0.3 is 0 Å². The number of fused-ring (bicyclic) bond motifs is 5. The number of rotatable bonds is 8. The molecule has 4 aliphatic rings. The Morgan fingerprint density at radius 1 is 1.26 bits per heavy atom. The molecular weight excluding hydrogens is 538 g/mol. The number of aryl methyl sites for hydroxylation is 1. The van der Waals surface area contributed by atoms with Gasteiger partial charge in [-0.15, -0.1) is 0 Å². The highest BCUT2D eigenvalue weighted by Crippen LogP contribution is 2.57. The summed E-state index contributed by atoms with van der Waals surface area (Å²) < 4.78 is 23.9. The van der Waals surface area contributed by atoms with Crippen LogP contribution in [0.2, 0.25) is 0 Å². The molecule has 11 heteroatoms. The molecule has 0 aliphatic carbocycles. The smallest absolute Gasteiger partial charge is 0.231 e. The average molecular weight is 582 g/mol. The van der Waals surface area contributed by atoms with Crippen LogP contribution in [0, 0.1) is 13.8 Å². The first-order valence-electron chi connectivity index (χ1n) is 14.4. The fourth-order valence-corrected chi connectivity index (χ4v) is 6.74. The van der Waals surface area contributed by atoms with E-state index < -0.39 is 0 Å². The van der Waals surface area contributed by atoms with E-state index in [4.69, 9.17) is 24.7 Å². The van der Waals surface area contributed by atoms with Gasteiger partial charge in [0.2, 0.25) is 6.79 Å². The highest BCUT2D eigenvalue weighted by Gasteiger charge is 2.59. The number of aldehydes is 1. The fourth-order valence-electron chi connectivity index (χ4n) is 6.74. The number of hydrogen-bond acceptors (Lipinski definition) is 11. The SMILES string of the molecule is C=CCOc1c(C)c2c(c3c1CC1[C@H](c4ccc(C)c(OC)c4O)N4[C@H](CN1[C@@H]3CNC)N4C)OCO2.C[C@H](N)C=O. The maximum atomic E-state index is 11.4. The number of piperazine rings is 1. The van der Waals surface area contributed by atoms with Crippen molar-refractivity contribution in [3.63, 3.8) is 0 Å². The van der Waals surface area contributed by atoms with E-state index in [9.17, 15) is 9.90 Å². The highest BCUT2D eigenvalue weighted by atomic mass is 16.7. The van der Waals surface area contributed by atoms with E-state index in [1.54, 1.807) is 20.1 Å². The summed E-state index contributed by atoms with van der Waals surface area (Å²) in [6.45, 7) is 11.7. The minimum atomic E-state index is -0.296. The summed E-state index contributed by atoms with van der Waals surface area (Å²) in [5.41, 5.74) is 9.97. The van der Waals surface area contributed by atoms with Crippen LogP contribution in [-0.2, 0) is 11.2 Å². The fraction of sp³-hybridized carbons (Fsp3) is 0.516. The summed E-state index contributed by atoms with van der Waals surface area (Å²) in [6.07, 6.45) is 3.48. The van der Waals surface area contributed by atoms with Crippen molar-refractivity contribution in [3.8, 4) is 28.7 Å². The molecule has 0 amide bonds. The Bertz CT molecular complexity index is 1350. The molecule has 4 N–H and O–H groups in total. The number of hydrogen-bond donors (Lipinski definition) is 3. The number of phenols is 1. The quantitative estimate of drug-likeness (QED) is 0.242. The van der Waals surface area contributed by atoms with Crippen molar-refractivity contribution in [2.45, 2.75) is 57.5 Å². The summed E-state index contributed by atoms with van der Waals surface area (Å²) in [5, 5.41) is 19.5. The Labute approximate surface area is 247 Å². The number of aromatic hydroxyl groups is 1. The molecule has 4 heterocycles. The maximum absolute atomic E-state index is 11.4. The lowest BCUT2D eigenvalue weighted by Gasteiger charge is -2.49. The van der Waals surface area contributed by atoms with Crippen molar-refractivity contribution in [1.82, 2.24) is 20.2 Å². The highest BCUT2D eigenvalue weighted by molar-refractivity contribution is 5.66. The van der Waals surface area contributed by atoms with E-state index in [1.165, 1.54) is 0 Å². The maximum Gasteiger partial charge on any atom is 0.231 e. The Morgan fingerprint density at radius 2 is 1.98 bits per heavy atom. The minimum Gasteiger partial charge on any atom is -0.504 e. The molecule has 4 aliphatic heterocycles. The second-order valence-corrected chi connectivity index (χ2v) is 11.3. The number of phenolic OH excluding ortho intramolecular Hbond substituents is 1. The molecule has 6 rings (SSSR count). The second-order valence-electron chi connectivity index (χ2n) is 11.3. The van der Waals surface area contributed by atoms with Crippen molar-refractivity contribution >= 4 is 6.29 Å². The largest absolute Gasteiger partial charge is 0.504 e. The Balaban J connectivity index is 0.000000652. The van der Waals surface area contributed by atoms with Gasteiger partial charge in [0.05, 0.1) is 25.2 Å². The molecular formula is C31H43N5O6. The molecule has 0 saturated carbocycles. The lowest BCUT2D eigenvalue weighted by Crippen LogP contribution is -2.55. The van der Waals surface area contributed by atoms with Gasteiger partial charge in [0.25, 0.3) is 0 Å². The number of ether oxygens (including phenoxy) is 4. The van der Waals surface area contributed by atoms with Gasteiger partial charge < -0.3 is 39.9 Å². The van der Waals surface area contributed by atoms with Crippen LogP contribution in [0.4, 0.5) is 0 Å². The third-order valence-electron chi connectivity index (χ3n) is 8.62. The van der Waals surface area contributed by atoms with Crippen molar-refractivity contribution in [3.05, 3.63) is 52.6 Å². The van der Waals surface area contributed by atoms with Crippen molar-refractivity contribution in [2.75, 3.05) is 47.7 Å². The molecule has 7 atom stereocenters. The zero-order chi connectivity index (χ0) is 30.3. The van der Waals surface area contributed by atoms with Gasteiger partial charge in [-0.1, -0.05) is 24.8 Å². The van der Waals surface area contributed by atoms with E-state index >= 15 is 0 Å². The van der Waals surface area contributed by atoms with Gasteiger partial charge in [-0.05, 0) is 39.8 Å². The monoisotopic (exact) mass is 581 g/mol. The zero-order valence-corrected chi connectivity index (χ0v) is 25.3. The van der Waals surface area contributed by atoms with Gasteiger partial charge in [0.15, 0.2) is 23.0 Å². The van der Waals surface area contributed by atoms with Crippen LogP contribution in [0.3, 0.4) is 0 Å². The van der Waals surface area contributed by atoms with Gasteiger partial charge in [0, 0.05) is 48.4 Å². The van der Waals surface area contributed by atoms with Crippen molar-refractivity contribution in [2.24, 2.45) is 5.73 Å². The van der Waals surface area contributed by atoms with E-state index in [0.717, 1.165) is 64.6 Å².